The molecule has 0 aliphatic heterocycles. The number of H-pyrrole nitrogens is 1. The van der Waals surface area contributed by atoms with Gasteiger partial charge in [0, 0.05) is 10.4 Å². The van der Waals surface area contributed by atoms with E-state index in [1.54, 1.807) is 12.1 Å². The Balaban J connectivity index is 2.25. The van der Waals surface area contributed by atoms with Crippen LogP contribution in [-0.4, -0.2) is 10.2 Å². The van der Waals surface area contributed by atoms with Gasteiger partial charge >= 0.3 is 0 Å². The molecule has 3 nitrogen and oxygen atoms in total. The van der Waals surface area contributed by atoms with Crippen molar-refractivity contribution in [3.8, 4) is 21.7 Å². The second kappa shape index (κ2) is 4.68. The number of nitrogen functional groups attached to an aromatic ring is 1. The number of hydrogen-bond acceptors (Lipinski definition) is 3. The summed E-state index contributed by atoms with van der Waals surface area (Å²) >= 11 is 7.33. The molecule has 0 unspecified atom stereocenters. The van der Waals surface area contributed by atoms with Crippen molar-refractivity contribution in [3.05, 3.63) is 46.6 Å². The lowest BCUT2D eigenvalue weighted by molar-refractivity contribution is 0.631. The number of nitrogens with one attached hydrogen (secondary N) is 1. The summed E-state index contributed by atoms with van der Waals surface area (Å²) in [6.45, 7) is 0. The van der Waals surface area contributed by atoms with Crippen LogP contribution < -0.4 is 5.73 Å². The lowest BCUT2D eigenvalue weighted by Crippen LogP contribution is -1.89. The maximum atomic E-state index is 14.1. The van der Waals surface area contributed by atoms with E-state index in [1.165, 1.54) is 17.4 Å². The van der Waals surface area contributed by atoms with Crippen molar-refractivity contribution in [2.45, 2.75) is 0 Å². The Morgan fingerprint density at radius 3 is 2.84 bits per heavy atom. The van der Waals surface area contributed by atoms with Crippen LogP contribution in [0.25, 0.3) is 21.7 Å². The van der Waals surface area contributed by atoms with E-state index in [9.17, 15) is 4.39 Å². The summed E-state index contributed by atoms with van der Waals surface area (Å²) in [4.78, 5) is 0.931. The minimum atomic E-state index is -0.481. The maximum absolute atomic E-state index is 14.1. The molecule has 0 spiro atoms. The first kappa shape index (κ1) is 12.2. The number of thiophene rings is 1. The first-order valence-electron chi connectivity index (χ1n) is 5.50. The highest BCUT2D eigenvalue weighted by atomic mass is 35.5. The van der Waals surface area contributed by atoms with Crippen LogP contribution in [0.3, 0.4) is 0 Å². The molecule has 0 aliphatic rings. The predicted octanol–water partition coefficient (Wildman–Crippen LogP) is 4.18. The molecule has 0 bridgehead atoms. The van der Waals surface area contributed by atoms with Gasteiger partial charge in [0.25, 0.3) is 0 Å². The number of rotatable bonds is 2. The SMILES string of the molecule is Nc1n[nH]c(-c2cccc(Cl)c2F)c1-c1cccs1. The number of aromatic amines is 1. The van der Waals surface area contributed by atoms with Crippen molar-refractivity contribution in [1.29, 1.82) is 0 Å². The van der Waals surface area contributed by atoms with Crippen LogP contribution in [-0.2, 0) is 0 Å². The van der Waals surface area contributed by atoms with Crippen LogP contribution in [0.1, 0.15) is 0 Å². The monoisotopic (exact) mass is 293 g/mol. The van der Waals surface area contributed by atoms with Gasteiger partial charge < -0.3 is 5.73 Å². The van der Waals surface area contributed by atoms with Crippen molar-refractivity contribution in [1.82, 2.24) is 10.2 Å². The molecule has 2 aromatic heterocycles. The van der Waals surface area contributed by atoms with Crippen LogP contribution in [0.15, 0.2) is 35.7 Å². The average molecular weight is 294 g/mol. The molecule has 0 amide bonds. The summed E-state index contributed by atoms with van der Waals surface area (Å²) in [6, 6.07) is 8.66. The molecular formula is C13H9ClFN3S. The molecule has 3 rings (SSSR count). The molecule has 0 fully saturated rings. The zero-order valence-corrected chi connectivity index (χ0v) is 11.2. The van der Waals surface area contributed by atoms with E-state index >= 15 is 0 Å². The molecule has 19 heavy (non-hydrogen) atoms. The third-order valence-electron chi connectivity index (χ3n) is 2.78. The number of benzene rings is 1. The van der Waals surface area contributed by atoms with E-state index in [1.807, 2.05) is 17.5 Å². The van der Waals surface area contributed by atoms with Crippen LogP contribution in [0.4, 0.5) is 10.2 Å². The number of halogens is 2. The second-order valence-electron chi connectivity index (χ2n) is 3.94. The zero-order valence-electron chi connectivity index (χ0n) is 9.65. The van der Waals surface area contributed by atoms with Gasteiger partial charge in [0.05, 0.1) is 16.3 Å². The van der Waals surface area contributed by atoms with Gasteiger partial charge in [-0.2, -0.15) is 5.10 Å². The van der Waals surface area contributed by atoms with Gasteiger partial charge in [-0.25, -0.2) is 4.39 Å². The van der Waals surface area contributed by atoms with E-state index in [0.29, 0.717) is 22.6 Å². The van der Waals surface area contributed by atoms with Gasteiger partial charge in [-0.15, -0.1) is 11.3 Å². The lowest BCUT2D eigenvalue weighted by atomic mass is 10.1. The van der Waals surface area contributed by atoms with E-state index in [-0.39, 0.29) is 5.02 Å². The molecule has 3 N–H and O–H groups in total. The van der Waals surface area contributed by atoms with Crippen molar-refractivity contribution in [2.24, 2.45) is 0 Å². The molecular weight excluding hydrogens is 285 g/mol. The van der Waals surface area contributed by atoms with Crippen molar-refractivity contribution in [2.75, 3.05) is 5.73 Å². The molecule has 0 saturated carbocycles. The average Bonchev–Trinajstić information content (AvgIpc) is 3.02. The lowest BCUT2D eigenvalue weighted by Gasteiger charge is -2.05. The van der Waals surface area contributed by atoms with Crippen LogP contribution in [0.5, 0.6) is 0 Å². The quantitative estimate of drug-likeness (QED) is 0.744. The molecule has 6 heteroatoms. The standard InChI is InChI=1S/C13H9ClFN3S/c14-8-4-1-3-7(11(8)15)12-10(13(16)18-17-12)9-5-2-6-19-9/h1-6H,(H3,16,17,18). The Morgan fingerprint density at radius 1 is 1.26 bits per heavy atom. The van der Waals surface area contributed by atoms with Crippen molar-refractivity contribution >= 4 is 28.8 Å². The van der Waals surface area contributed by atoms with Gasteiger partial charge in [-0.05, 0) is 23.6 Å². The van der Waals surface area contributed by atoms with Gasteiger partial charge in [0.2, 0.25) is 0 Å². The molecule has 96 valence electrons. The molecule has 2 heterocycles. The Morgan fingerprint density at radius 2 is 2.11 bits per heavy atom. The Hall–Kier alpha value is -1.85. The fraction of sp³-hybridized carbons (Fsp3) is 0. The maximum Gasteiger partial charge on any atom is 0.154 e. The molecule has 0 atom stereocenters. The second-order valence-corrected chi connectivity index (χ2v) is 5.29. The van der Waals surface area contributed by atoms with E-state index in [4.69, 9.17) is 17.3 Å². The third kappa shape index (κ3) is 2.01. The Labute approximate surface area is 117 Å². The fourth-order valence-electron chi connectivity index (χ4n) is 1.92. The summed E-state index contributed by atoms with van der Waals surface area (Å²) in [5, 5.41) is 8.75. The third-order valence-corrected chi connectivity index (χ3v) is 3.96. The van der Waals surface area contributed by atoms with Gasteiger partial charge in [0.15, 0.2) is 11.6 Å². The first-order valence-corrected chi connectivity index (χ1v) is 6.76. The fourth-order valence-corrected chi connectivity index (χ4v) is 2.88. The van der Waals surface area contributed by atoms with Crippen LogP contribution in [0.2, 0.25) is 5.02 Å². The minimum Gasteiger partial charge on any atom is -0.382 e. The van der Waals surface area contributed by atoms with Gasteiger partial charge in [0.1, 0.15) is 0 Å². The van der Waals surface area contributed by atoms with E-state index in [0.717, 1.165) is 4.88 Å². The largest absolute Gasteiger partial charge is 0.382 e. The van der Waals surface area contributed by atoms with Crippen molar-refractivity contribution in [3.63, 3.8) is 0 Å². The predicted molar refractivity (Wildman–Crippen MR) is 76.7 cm³/mol. The zero-order chi connectivity index (χ0) is 13.4. The number of anilines is 1. The molecule has 3 aromatic rings. The summed E-state index contributed by atoms with van der Waals surface area (Å²) in [6.07, 6.45) is 0. The van der Waals surface area contributed by atoms with Crippen LogP contribution >= 0.6 is 22.9 Å². The number of aromatic nitrogens is 2. The highest BCUT2D eigenvalue weighted by molar-refractivity contribution is 7.13. The molecule has 0 aliphatic carbocycles. The number of nitrogens with two attached hydrogens (primary N) is 1. The van der Waals surface area contributed by atoms with Crippen molar-refractivity contribution < 1.29 is 4.39 Å². The van der Waals surface area contributed by atoms with Gasteiger partial charge in [-0.3, -0.25) is 5.10 Å². The molecule has 0 radical (unpaired) electrons. The van der Waals surface area contributed by atoms with E-state index < -0.39 is 5.82 Å². The number of nitrogens with zero attached hydrogens (tertiary/aromatic N) is 1. The summed E-state index contributed by atoms with van der Waals surface area (Å²) in [5.41, 5.74) is 7.47. The van der Waals surface area contributed by atoms with Gasteiger partial charge in [-0.1, -0.05) is 23.7 Å². The summed E-state index contributed by atoms with van der Waals surface area (Å²) in [7, 11) is 0. The topological polar surface area (TPSA) is 54.7 Å². The minimum absolute atomic E-state index is 0.0720. The molecule has 1 aromatic carbocycles. The number of hydrogen-bond donors (Lipinski definition) is 2. The highest BCUT2D eigenvalue weighted by Crippen LogP contribution is 2.38. The smallest absolute Gasteiger partial charge is 0.154 e. The normalized spacial score (nSPS) is 10.8. The highest BCUT2D eigenvalue weighted by Gasteiger charge is 2.19. The Kier molecular flexibility index (Phi) is 3.00. The molecule has 0 saturated heterocycles. The van der Waals surface area contributed by atoms with E-state index in [2.05, 4.69) is 10.2 Å². The summed E-state index contributed by atoms with van der Waals surface area (Å²) < 4.78 is 14.1. The summed E-state index contributed by atoms with van der Waals surface area (Å²) in [5.74, 6) is -0.137. The van der Waals surface area contributed by atoms with Crippen LogP contribution in [0, 0.1) is 5.82 Å². The Bertz CT molecular complexity index is 722. The first-order chi connectivity index (χ1) is 9.18.